The summed E-state index contributed by atoms with van der Waals surface area (Å²) in [6.45, 7) is 4.22. The first-order valence-corrected chi connectivity index (χ1v) is 7.73. The van der Waals surface area contributed by atoms with Gasteiger partial charge in [-0.1, -0.05) is 44.2 Å². The van der Waals surface area contributed by atoms with E-state index in [0.717, 1.165) is 0 Å². The summed E-state index contributed by atoms with van der Waals surface area (Å²) in [5, 5.41) is 5.43. The average Bonchev–Trinajstić information content (AvgIpc) is 2.79. The lowest BCUT2D eigenvalue weighted by molar-refractivity contribution is -0.116. The van der Waals surface area contributed by atoms with Gasteiger partial charge in [0.2, 0.25) is 0 Å². The molecule has 1 aliphatic rings. The normalized spacial score (nSPS) is 13.9. The van der Waals surface area contributed by atoms with E-state index in [-0.39, 0.29) is 11.8 Å². The summed E-state index contributed by atoms with van der Waals surface area (Å²) in [5.74, 6) is -0.0212. The average molecular weight is 310 g/mol. The minimum atomic E-state index is -0.224. The second kappa shape index (κ2) is 7.58. The van der Waals surface area contributed by atoms with Gasteiger partial charge in [-0.3, -0.25) is 9.59 Å². The molecule has 0 bridgehead atoms. The molecule has 1 aromatic rings. The number of nitrogens with one attached hydrogen (secondary N) is 2. The molecule has 0 saturated carbocycles. The molecular formula is C19H22N2O2. The van der Waals surface area contributed by atoms with Crippen LogP contribution in [0.15, 0.2) is 59.8 Å². The smallest absolute Gasteiger partial charge is 0.255 e. The predicted molar refractivity (Wildman–Crippen MR) is 92.0 cm³/mol. The zero-order chi connectivity index (χ0) is 16.8. The van der Waals surface area contributed by atoms with E-state index in [9.17, 15) is 9.59 Å². The Morgan fingerprint density at radius 3 is 2.39 bits per heavy atom. The summed E-state index contributed by atoms with van der Waals surface area (Å²) < 4.78 is 0. The fourth-order valence-electron chi connectivity index (χ4n) is 2.29. The van der Waals surface area contributed by atoms with E-state index in [1.807, 2.05) is 42.5 Å². The minimum absolute atomic E-state index is 0.219. The molecule has 4 nitrogen and oxygen atoms in total. The van der Waals surface area contributed by atoms with E-state index in [0.29, 0.717) is 29.2 Å². The van der Waals surface area contributed by atoms with Gasteiger partial charge in [0.25, 0.3) is 11.8 Å². The SMILES string of the molecule is CNC(=O)C1=CC=CCC=C1NC(=O)c1ccc(C(C)C)cc1. The van der Waals surface area contributed by atoms with Crippen LogP contribution in [0.2, 0.25) is 0 Å². The number of likely N-dealkylation sites (N-methyl/N-ethyl adjacent to an activating group) is 1. The van der Waals surface area contributed by atoms with Crippen LogP contribution in [0.3, 0.4) is 0 Å². The van der Waals surface area contributed by atoms with Gasteiger partial charge in [-0.15, -0.1) is 0 Å². The first-order chi connectivity index (χ1) is 11.0. The molecule has 0 aromatic heterocycles. The van der Waals surface area contributed by atoms with E-state index < -0.39 is 0 Å². The van der Waals surface area contributed by atoms with E-state index >= 15 is 0 Å². The highest BCUT2D eigenvalue weighted by molar-refractivity contribution is 6.01. The topological polar surface area (TPSA) is 58.2 Å². The van der Waals surface area contributed by atoms with Gasteiger partial charge in [-0.2, -0.15) is 0 Å². The molecule has 1 aliphatic carbocycles. The lowest BCUT2D eigenvalue weighted by Gasteiger charge is -2.13. The van der Waals surface area contributed by atoms with Crippen LogP contribution >= 0.6 is 0 Å². The Morgan fingerprint density at radius 2 is 1.78 bits per heavy atom. The van der Waals surface area contributed by atoms with Gasteiger partial charge >= 0.3 is 0 Å². The number of rotatable bonds is 4. The summed E-state index contributed by atoms with van der Waals surface area (Å²) in [6, 6.07) is 7.53. The van der Waals surface area contributed by atoms with Crippen molar-refractivity contribution < 1.29 is 9.59 Å². The predicted octanol–water partition coefficient (Wildman–Crippen LogP) is 3.06. The molecule has 0 heterocycles. The van der Waals surface area contributed by atoms with Crippen LogP contribution in [0.25, 0.3) is 0 Å². The second-order valence-electron chi connectivity index (χ2n) is 5.67. The van der Waals surface area contributed by atoms with Crippen LogP contribution in [-0.2, 0) is 4.79 Å². The zero-order valence-corrected chi connectivity index (χ0v) is 13.7. The molecule has 0 fully saturated rings. The number of carbonyl (C=O) groups excluding carboxylic acids is 2. The molecule has 120 valence electrons. The maximum atomic E-state index is 12.4. The maximum absolute atomic E-state index is 12.4. The Balaban J connectivity index is 2.17. The van der Waals surface area contributed by atoms with Crippen LogP contribution in [-0.4, -0.2) is 18.9 Å². The van der Waals surface area contributed by atoms with Gasteiger partial charge in [0.1, 0.15) is 0 Å². The van der Waals surface area contributed by atoms with Crippen molar-refractivity contribution in [2.24, 2.45) is 0 Å². The Bertz CT molecular complexity index is 680. The van der Waals surface area contributed by atoms with E-state index in [2.05, 4.69) is 24.5 Å². The van der Waals surface area contributed by atoms with Crippen molar-refractivity contribution in [3.8, 4) is 0 Å². The molecule has 1 aromatic carbocycles. The summed E-state index contributed by atoms with van der Waals surface area (Å²) in [7, 11) is 1.57. The van der Waals surface area contributed by atoms with Crippen LogP contribution in [0.5, 0.6) is 0 Å². The van der Waals surface area contributed by atoms with Crippen molar-refractivity contribution in [1.29, 1.82) is 0 Å². The molecule has 2 rings (SSSR count). The fraction of sp³-hybridized carbons (Fsp3) is 0.263. The second-order valence-corrected chi connectivity index (χ2v) is 5.67. The Kier molecular flexibility index (Phi) is 5.52. The summed E-state index contributed by atoms with van der Waals surface area (Å²) in [6.07, 6.45) is 7.96. The van der Waals surface area contributed by atoms with Gasteiger partial charge < -0.3 is 10.6 Å². The molecule has 0 atom stereocenters. The Hall–Kier alpha value is -2.62. The van der Waals surface area contributed by atoms with Gasteiger partial charge in [-0.25, -0.2) is 0 Å². The standard InChI is InChI=1S/C19H22N2O2/c1-13(2)14-9-11-15(12-10-14)18(22)21-17-8-6-4-5-7-16(17)19(23)20-3/h4-5,7-13H,6H2,1-3H3,(H,20,23)(H,21,22). The molecule has 2 N–H and O–H groups in total. The third-order valence-electron chi connectivity index (χ3n) is 3.71. The first-order valence-electron chi connectivity index (χ1n) is 7.73. The fourth-order valence-corrected chi connectivity index (χ4v) is 2.29. The van der Waals surface area contributed by atoms with Crippen molar-refractivity contribution in [3.05, 3.63) is 71.0 Å². The number of benzene rings is 1. The largest absolute Gasteiger partial charge is 0.355 e. The molecule has 2 amide bonds. The monoisotopic (exact) mass is 310 g/mol. The molecule has 0 spiro atoms. The number of amides is 2. The number of allylic oxidation sites excluding steroid dienone is 4. The molecule has 0 radical (unpaired) electrons. The summed E-state index contributed by atoms with van der Waals surface area (Å²) in [4.78, 5) is 24.4. The van der Waals surface area contributed by atoms with Gasteiger partial charge in [-0.05, 0) is 36.1 Å². The summed E-state index contributed by atoms with van der Waals surface area (Å²) in [5.41, 5.74) is 2.75. The van der Waals surface area contributed by atoms with Gasteiger partial charge in [0.15, 0.2) is 0 Å². The molecule has 0 aliphatic heterocycles. The molecule has 0 unspecified atom stereocenters. The van der Waals surface area contributed by atoms with E-state index in [1.165, 1.54) is 5.56 Å². The Morgan fingerprint density at radius 1 is 1.09 bits per heavy atom. The molecule has 0 saturated heterocycles. The van der Waals surface area contributed by atoms with Crippen LogP contribution in [0.4, 0.5) is 0 Å². The van der Waals surface area contributed by atoms with Crippen molar-refractivity contribution >= 4 is 11.8 Å². The zero-order valence-electron chi connectivity index (χ0n) is 13.7. The number of hydrogen-bond donors (Lipinski definition) is 2. The van der Waals surface area contributed by atoms with Gasteiger partial charge in [0, 0.05) is 12.6 Å². The molecule has 4 heteroatoms. The van der Waals surface area contributed by atoms with E-state index in [1.54, 1.807) is 13.1 Å². The van der Waals surface area contributed by atoms with E-state index in [4.69, 9.17) is 0 Å². The first kappa shape index (κ1) is 16.7. The Labute approximate surface area is 137 Å². The highest BCUT2D eigenvalue weighted by Gasteiger charge is 2.17. The highest BCUT2D eigenvalue weighted by Crippen LogP contribution is 2.16. The van der Waals surface area contributed by atoms with Crippen molar-refractivity contribution in [2.75, 3.05) is 7.05 Å². The minimum Gasteiger partial charge on any atom is -0.355 e. The summed E-state index contributed by atoms with van der Waals surface area (Å²) >= 11 is 0. The lowest BCUT2D eigenvalue weighted by Crippen LogP contribution is -2.29. The third-order valence-corrected chi connectivity index (χ3v) is 3.71. The lowest BCUT2D eigenvalue weighted by atomic mass is 10.0. The molecule has 23 heavy (non-hydrogen) atoms. The van der Waals surface area contributed by atoms with Gasteiger partial charge in [0.05, 0.1) is 11.3 Å². The number of hydrogen-bond acceptors (Lipinski definition) is 2. The van der Waals surface area contributed by atoms with Crippen molar-refractivity contribution in [1.82, 2.24) is 10.6 Å². The quantitative estimate of drug-likeness (QED) is 0.898. The molecular weight excluding hydrogens is 288 g/mol. The van der Waals surface area contributed by atoms with Crippen molar-refractivity contribution in [2.45, 2.75) is 26.2 Å². The maximum Gasteiger partial charge on any atom is 0.255 e. The van der Waals surface area contributed by atoms with Crippen LogP contribution in [0, 0.1) is 0 Å². The number of carbonyl (C=O) groups is 2. The van der Waals surface area contributed by atoms with Crippen LogP contribution in [0.1, 0.15) is 42.1 Å². The highest BCUT2D eigenvalue weighted by atomic mass is 16.2. The van der Waals surface area contributed by atoms with Crippen molar-refractivity contribution in [3.63, 3.8) is 0 Å². The third kappa shape index (κ3) is 4.19. The van der Waals surface area contributed by atoms with Crippen LogP contribution < -0.4 is 10.6 Å².